The van der Waals surface area contributed by atoms with Crippen LogP contribution in [0.4, 0.5) is 0 Å². The van der Waals surface area contributed by atoms with Gasteiger partial charge in [-0.3, -0.25) is 0 Å². The van der Waals surface area contributed by atoms with Gasteiger partial charge in [0.1, 0.15) is 0 Å². The Morgan fingerprint density at radius 1 is 1.00 bits per heavy atom. The summed E-state index contributed by atoms with van der Waals surface area (Å²) < 4.78 is 0. The SMILES string of the molecule is CCNCC1CCC1C1CCC(C)CC1. The van der Waals surface area contributed by atoms with Crippen LogP contribution in [0.2, 0.25) is 0 Å². The van der Waals surface area contributed by atoms with Crippen LogP contribution in [0.25, 0.3) is 0 Å². The molecule has 0 aromatic carbocycles. The van der Waals surface area contributed by atoms with E-state index in [4.69, 9.17) is 0 Å². The summed E-state index contributed by atoms with van der Waals surface area (Å²) in [6.07, 6.45) is 9.05. The predicted molar refractivity (Wildman–Crippen MR) is 65.9 cm³/mol. The minimum Gasteiger partial charge on any atom is -0.317 e. The smallest absolute Gasteiger partial charge is 0.00179 e. The second-order valence-corrected chi connectivity index (χ2v) is 5.83. The van der Waals surface area contributed by atoms with Gasteiger partial charge in [0, 0.05) is 0 Å². The van der Waals surface area contributed by atoms with Crippen molar-refractivity contribution in [1.29, 1.82) is 0 Å². The lowest BCUT2D eigenvalue weighted by molar-refractivity contribution is 0.0699. The van der Waals surface area contributed by atoms with Crippen LogP contribution in [-0.4, -0.2) is 13.1 Å². The molecule has 0 saturated heterocycles. The van der Waals surface area contributed by atoms with Crippen LogP contribution in [0.1, 0.15) is 52.4 Å². The van der Waals surface area contributed by atoms with Gasteiger partial charge in [0.05, 0.1) is 0 Å². The molecule has 1 N–H and O–H groups in total. The fraction of sp³-hybridized carbons (Fsp3) is 1.00. The first kappa shape index (κ1) is 11.4. The molecule has 15 heavy (non-hydrogen) atoms. The molecule has 2 saturated carbocycles. The molecule has 2 unspecified atom stereocenters. The molecule has 2 aliphatic carbocycles. The lowest BCUT2D eigenvalue weighted by atomic mass is 9.62. The van der Waals surface area contributed by atoms with E-state index in [1.54, 1.807) is 0 Å². The van der Waals surface area contributed by atoms with Crippen molar-refractivity contribution >= 4 is 0 Å². The van der Waals surface area contributed by atoms with Crippen LogP contribution < -0.4 is 5.32 Å². The molecule has 0 aliphatic heterocycles. The molecular formula is C14H27N. The lowest BCUT2D eigenvalue weighted by Gasteiger charge is -2.44. The minimum atomic E-state index is 1.01. The zero-order valence-electron chi connectivity index (χ0n) is 10.5. The van der Waals surface area contributed by atoms with Crippen molar-refractivity contribution < 1.29 is 0 Å². The third-order valence-corrected chi connectivity index (χ3v) is 4.80. The van der Waals surface area contributed by atoms with Crippen LogP contribution in [0.15, 0.2) is 0 Å². The first-order valence-corrected chi connectivity index (χ1v) is 7.02. The normalized spacial score (nSPS) is 41.2. The third-order valence-electron chi connectivity index (χ3n) is 4.80. The van der Waals surface area contributed by atoms with E-state index in [0.29, 0.717) is 0 Å². The summed E-state index contributed by atoms with van der Waals surface area (Å²) >= 11 is 0. The maximum absolute atomic E-state index is 3.53. The van der Waals surface area contributed by atoms with Gasteiger partial charge in [-0.25, -0.2) is 0 Å². The van der Waals surface area contributed by atoms with Crippen molar-refractivity contribution in [2.75, 3.05) is 13.1 Å². The molecule has 0 heterocycles. The number of hydrogen-bond acceptors (Lipinski definition) is 1. The zero-order valence-corrected chi connectivity index (χ0v) is 10.5. The summed E-state index contributed by atoms with van der Waals surface area (Å²) in [5.41, 5.74) is 0. The molecule has 2 fully saturated rings. The molecule has 88 valence electrons. The van der Waals surface area contributed by atoms with E-state index in [-0.39, 0.29) is 0 Å². The molecule has 2 atom stereocenters. The van der Waals surface area contributed by atoms with Crippen LogP contribution in [0, 0.1) is 23.7 Å². The van der Waals surface area contributed by atoms with Crippen LogP contribution >= 0.6 is 0 Å². The molecule has 0 bridgehead atoms. The van der Waals surface area contributed by atoms with E-state index in [9.17, 15) is 0 Å². The Bertz CT molecular complexity index is 182. The van der Waals surface area contributed by atoms with Crippen molar-refractivity contribution in [2.24, 2.45) is 23.7 Å². The van der Waals surface area contributed by atoms with Gasteiger partial charge in [0.2, 0.25) is 0 Å². The molecule has 2 aliphatic rings. The van der Waals surface area contributed by atoms with Gasteiger partial charge in [-0.05, 0) is 62.4 Å². The maximum Gasteiger partial charge on any atom is -0.00179 e. The van der Waals surface area contributed by atoms with Gasteiger partial charge in [-0.1, -0.05) is 26.7 Å². The topological polar surface area (TPSA) is 12.0 Å². The summed E-state index contributed by atoms with van der Waals surface area (Å²) in [5.74, 6) is 4.19. The van der Waals surface area contributed by atoms with E-state index < -0.39 is 0 Å². The Kier molecular flexibility index (Phi) is 4.07. The van der Waals surface area contributed by atoms with Crippen molar-refractivity contribution in [3.63, 3.8) is 0 Å². The number of nitrogens with one attached hydrogen (secondary N) is 1. The molecule has 2 rings (SSSR count). The Hall–Kier alpha value is -0.0400. The van der Waals surface area contributed by atoms with Crippen molar-refractivity contribution in [3.05, 3.63) is 0 Å². The molecule has 0 aromatic rings. The van der Waals surface area contributed by atoms with Gasteiger partial charge in [0.15, 0.2) is 0 Å². The minimum absolute atomic E-state index is 1.01. The first-order chi connectivity index (χ1) is 7.31. The molecule has 0 amide bonds. The highest BCUT2D eigenvalue weighted by atomic mass is 14.9. The standard InChI is InChI=1S/C14H27N/c1-3-15-10-13-8-9-14(13)12-6-4-11(2)5-7-12/h11-15H,3-10H2,1-2H3. The summed E-state index contributed by atoms with van der Waals surface area (Å²) in [7, 11) is 0. The van der Waals surface area contributed by atoms with E-state index in [2.05, 4.69) is 19.2 Å². The monoisotopic (exact) mass is 209 g/mol. The van der Waals surface area contributed by atoms with Crippen molar-refractivity contribution in [2.45, 2.75) is 52.4 Å². The van der Waals surface area contributed by atoms with Crippen LogP contribution in [-0.2, 0) is 0 Å². The van der Waals surface area contributed by atoms with E-state index in [0.717, 1.165) is 30.2 Å². The number of hydrogen-bond donors (Lipinski definition) is 1. The van der Waals surface area contributed by atoms with Crippen LogP contribution in [0.5, 0.6) is 0 Å². The summed E-state index contributed by atoms with van der Waals surface area (Å²) in [6, 6.07) is 0. The Labute approximate surface area is 95.0 Å². The Morgan fingerprint density at radius 2 is 1.73 bits per heavy atom. The first-order valence-electron chi connectivity index (χ1n) is 7.02. The maximum atomic E-state index is 3.53. The molecule has 0 spiro atoms. The molecule has 1 nitrogen and oxygen atoms in total. The quantitative estimate of drug-likeness (QED) is 0.748. The lowest BCUT2D eigenvalue weighted by Crippen LogP contribution is -2.40. The molecular weight excluding hydrogens is 182 g/mol. The van der Waals surface area contributed by atoms with Gasteiger partial charge in [-0.2, -0.15) is 0 Å². The van der Waals surface area contributed by atoms with Gasteiger partial charge in [-0.15, -0.1) is 0 Å². The highest BCUT2D eigenvalue weighted by Crippen LogP contribution is 2.45. The van der Waals surface area contributed by atoms with Crippen molar-refractivity contribution in [3.8, 4) is 0 Å². The summed E-state index contributed by atoms with van der Waals surface area (Å²) in [5, 5.41) is 3.53. The zero-order chi connectivity index (χ0) is 10.7. The van der Waals surface area contributed by atoms with Crippen molar-refractivity contribution in [1.82, 2.24) is 5.32 Å². The largest absolute Gasteiger partial charge is 0.317 e. The summed E-state index contributed by atoms with van der Waals surface area (Å²) in [6.45, 7) is 7.07. The number of rotatable bonds is 4. The average Bonchev–Trinajstić information content (AvgIpc) is 2.20. The van der Waals surface area contributed by atoms with E-state index in [1.165, 1.54) is 45.1 Å². The second kappa shape index (κ2) is 5.34. The Balaban J connectivity index is 1.74. The van der Waals surface area contributed by atoms with Gasteiger partial charge in [0.25, 0.3) is 0 Å². The van der Waals surface area contributed by atoms with E-state index >= 15 is 0 Å². The molecule has 1 heteroatoms. The van der Waals surface area contributed by atoms with Crippen LogP contribution in [0.3, 0.4) is 0 Å². The van der Waals surface area contributed by atoms with E-state index in [1.807, 2.05) is 0 Å². The second-order valence-electron chi connectivity index (χ2n) is 5.83. The molecule has 0 radical (unpaired) electrons. The Morgan fingerprint density at radius 3 is 2.27 bits per heavy atom. The highest BCUT2D eigenvalue weighted by Gasteiger charge is 2.37. The third kappa shape index (κ3) is 2.75. The van der Waals surface area contributed by atoms with Gasteiger partial charge >= 0.3 is 0 Å². The van der Waals surface area contributed by atoms with Gasteiger partial charge < -0.3 is 5.32 Å². The summed E-state index contributed by atoms with van der Waals surface area (Å²) in [4.78, 5) is 0. The molecule has 0 aromatic heterocycles. The fourth-order valence-corrected chi connectivity index (χ4v) is 3.51. The average molecular weight is 209 g/mol. The fourth-order valence-electron chi connectivity index (χ4n) is 3.51. The highest BCUT2D eigenvalue weighted by molar-refractivity contribution is 4.88. The predicted octanol–water partition coefficient (Wildman–Crippen LogP) is 3.45.